The van der Waals surface area contributed by atoms with Crippen molar-refractivity contribution >= 4 is 5.78 Å². The van der Waals surface area contributed by atoms with E-state index in [0.717, 1.165) is 6.07 Å². The fourth-order valence-electron chi connectivity index (χ4n) is 1.50. The van der Waals surface area contributed by atoms with Crippen LogP contribution in [0.25, 0.3) is 0 Å². The molecule has 2 aromatic rings. The van der Waals surface area contributed by atoms with Crippen LogP contribution < -0.4 is 0 Å². The topological polar surface area (TPSA) is 56.0 Å². The number of alkyl halides is 2. The zero-order chi connectivity index (χ0) is 14.7. The minimum atomic E-state index is -3.11. The largest absolute Gasteiger partial charge is 0.339 e. The lowest BCUT2D eigenvalue weighted by atomic mass is 10.1. The number of carbonyl (C=O) groups excluding carboxylic acids is 1. The molecule has 0 saturated carbocycles. The highest BCUT2D eigenvalue weighted by atomic mass is 19.3. The van der Waals surface area contributed by atoms with Gasteiger partial charge in [-0.25, -0.2) is 17.6 Å². The van der Waals surface area contributed by atoms with Crippen molar-refractivity contribution in [3.8, 4) is 0 Å². The molecule has 0 N–H and O–H groups in total. The van der Waals surface area contributed by atoms with Gasteiger partial charge in [-0.2, -0.15) is 4.98 Å². The highest BCUT2D eigenvalue weighted by Gasteiger charge is 2.19. The predicted octanol–water partition coefficient (Wildman–Crippen LogP) is 2.32. The Hall–Kier alpha value is -2.25. The highest BCUT2D eigenvalue weighted by molar-refractivity contribution is 5.82. The minimum Gasteiger partial charge on any atom is -0.339 e. The molecule has 0 amide bonds. The second kappa shape index (κ2) is 5.81. The minimum absolute atomic E-state index is 0.0209. The van der Waals surface area contributed by atoms with Gasteiger partial charge in [-0.05, 0) is 11.6 Å². The molecule has 0 aliphatic heterocycles. The van der Waals surface area contributed by atoms with Gasteiger partial charge in [0.2, 0.25) is 11.7 Å². The van der Waals surface area contributed by atoms with Crippen LogP contribution in [-0.4, -0.2) is 22.3 Å². The Morgan fingerprint density at radius 2 is 2.05 bits per heavy atom. The van der Waals surface area contributed by atoms with E-state index in [4.69, 9.17) is 0 Å². The second-order valence-electron chi connectivity index (χ2n) is 3.96. The summed E-state index contributed by atoms with van der Waals surface area (Å²) in [5, 5.41) is 3.44. The summed E-state index contributed by atoms with van der Waals surface area (Å²) >= 11 is 0. The van der Waals surface area contributed by atoms with E-state index < -0.39 is 30.3 Å². The van der Waals surface area contributed by atoms with Crippen molar-refractivity contribution in [2.45, 2.75) is 19.3 Å². The number of nitrogens with zero attached hydrogens (tertiary/aromatic N) is 2. The van der Waals surface area contributed by atoms with Gasteiger partial charge in [0.05, 0.1) is 6.42 Å². The third kappa shape index (κ3) is 3.40. The first kappa shape index (κ1) is 14.2. The molecule has 0 unspecified atom stereocenters. The summed E-state index contributed by atoms with van der Waals surface area (Å²) in [5.74, 6) is -3.09. The molecule has 1 aromatic carbocycles. The average Bonchev–Trinajstić information content (AvgIpc) is 2.80. The molecule has 0 bridgehead atoms. The number of hydrogen-bond acceptors (Lipinski definition) is 4. The summed E-state index contributed by atoms with van der Waals surface area (Å²) in [6.07, 6.45) is -3.89. The molecule has 0 aliphatic carbocycles. The molecule has 8 heteroatoms. The molecule has 1 heterocycles. The van der Waals surface area contributed by atoms with Crippen molar-refractivity contribution in [1.29, 1.82) is 0 Å². The molecule has 106 valence electrons. The fraction of sp³-hybridized carbons (Fsp3) is 0.250. The van der Waals surface area contributed by atoms with E-state index in [-0.39, 0.29) is 23.7 Å². The number of benzene rings is 1. The first-order valence-corrected chi connectivity index (χ1v) is 5.52. The van der Waals surface area contributed by atoms with E-state index >= 15 is 0 Å². The van der Waals surface area contributed by atoms with Crippen LogP contribution in [-0.2, 0) is 17.6 Å². The van der Waals surface area contributed by atoms with Gasteiger partial charge < -0.3 is 4.52 Å². The predicted molar refractivity (Wildman–Crippen MR) is 58.2 cm³/mol. The summed E-state index contributed by atoms with van der Waals surface area (Å²) in [5.41, 5.74) is 0.124. The highest BCUT2D eigenvalue weighted by Crippen LogP contribution is 2.13. The van der Waals surface area contributed by atoms with Crippen LogP contribution in [0.5, 0.6) is 0 Å². The van der Waals surface area contributed by atoms with Crippen LogP contribution in [0.2, 0.25) is 0 Å². The van der Waals surface area contributed by atoms with Crippen LogP contribution in [0.1, 0.15) is 17.3 Å². The molecular formula is C12H8F4N2O2. The fourth-order valence-corrected chi connectivity index (χ4v) is 1.50. The van der Waals surface area contributed by atoms with Gasteiger partial charge in [0, 0.05) is 12.5 Å². The Morgan fingerprint density at radius 1 is 1.30 bits per heavy atom. The third-order valence-electron chi connectivity index (χ3n) is 2.44. The quantitative estimate of drug-likeness (QED) is 0.792. The Bertz CT molecular complexity index is 628. The first-order valence-electron chi connectivity index (χ1n) is 5.52. The maximum atomic E-state index is 13.4. The molecule has 0 atom stereocenters. The number of carbonyl (C=O) groups is 1. The number of rotatable bonds is 5. The number of halogens is 4. The van der Waals surface area contributed by atoms with Gasteiger partial charge >= 0.3 is 0 Å². The summed E-state index contributed by atoms with van der Waals surface area (Å²) in [4.78, 5) is 14.5. The number of hydrogen-bond donors (Lipinski definition) is 0. The molecule has 4 nitrogen and oxygen atoms in total. The molecule has 0 aliphatic rings. The van der Waals surface area contributed by atoms with E-state index in [1.54, 1.807) is 0 Å². The van der Waals surface area contributed by atoms with Crippen molar-refractivity contribution in [2.75, 3.05) is 0 Å². The Kier molecular flexibility index (Phi) is 4.11. The normalized spacial score (nSPS) is 11.1. The SMILES string of the molecule is O=C(Cc1nc(Cc2ccc(F)cc2F)no1)C(F)F. The molecule has 0 saturated heterocycles. The molecule has 0 fully saturated rings. The van der Waals surface area contributed by atoms with Crippen molar-refractivity contribution in [2.24, 2.45) is 0 Å². The van der Waals surface area contributed by atoms with Crippen molar-refractivity contribution < 1.29 is 26.9 Å². The molecular weight excluding hydrogens is 280 g/mol. The zero-order valence-corrected chi connectivity index (χ0v) is 9.95. The molecule has 20 heavy (non-hydrogen) atoms. The lowest BCUT2D eigenvalue weighted by Crippen LogP contribution is -2.13. The van der Waals surface area contributed by atoms with Crippen LogP contribution in [0.3, 0.4) is 0 Å². The van der Waals surface area contributed by atoms with Gasteiger partial charge in [-0.3, -0.25) is 4.79 Å². The molecule has 0 radical (unpaired) electrons. The Balaban J connectivity index is 2.07. The maximum Gasteiger partial charge on any atom is 0.296 e. The molecule has 2 rings (SSSR count). The van der Waals surface area contributed by atoms with E-state index in [1.807, 2.05) is 0 Å². The summed E-state index contributed by atoms with van der Waals surface area (Å²) in [7, 11) is 0. The molecule has 0 spiro atoms. The third-order valence-corrected chi connectivity index (χ3v) is 2.44. The first-order chi connectivity index (χ1) is 9.45. The van der Waals surface area contributed by atoms with Gasteiger partial charge in [-0.1, -0.05) is 11.2 Å². The van der Waals surface area contributed by atoms with E-state index in [0.29, 0.717) is 6.07 Å². The Morgan fingerprint density at radius 3 is 2.70 bits per heavy atom. The Labute approximate surface area is 110 Å². The average molecular weight is 288 g/mol. The van der Waals surface area contributed by atoms with Crippen molar-refractivity contribution in [1.82, 2.24) is 10.1 Å². The van der Waals surface area contributed by atoms with E-state index in [9.17, 15) is 22.4 Å². The second-order valence-corrected chi connectivity index (χ2v) is 3.96. The summed E-state index contributed by atoms with van der Waals surface area (Å²) < 4.78 is 54.8. The number of ketones is 1. The number of Topliss-reactive ketones (excluding diaryl/α,β-unsaturated/α-hetero) is 1. The zero-order valence-electron chi connectivity index (χ0n) is 9.95. The van der Waals surface area contributed by atoms with Gasteiger partial charge in [0.1, 0.15) is 11.6 Å². The van der Waals surface area contributed by atoms with Gasteiger partial charge in [-0.15, -0.1) is 0 Å². The van der Waals surface area contributed by atoms with Gasteiger partial charge in [0.15, 0.2) is 5.82 Å². The monoisotopic (exact) mass is 288 g/mol. The van der Waals surface area contributed by atoms with Crippen LogP contribution in [0.15, 0.2) is 22.7 Å². The number of aromatic nitrogens is 2. The van der Waals surface area contributed by atoms with E-state index in [2.05, 4.69) is 14.7 Å². The smallest absolute Gasteiger partial charge is 0.296 e. The van der Waals surface area contributed by atoms with Crippen LogP contribution in [0.4, 0.5) is 17.6 Å². The van der Waals surface area contributed by atoms with Crippen molar-refractivity contribution in [3.63, 3.8) is 0 Å². The van der Waals surface area contributed by atoms with Crippen LogP contribution in [0, 0.1) is 11.6 Å². The summed E-state index contributed by atoms with van der Waals surface area (Å²) in [6, 6.07) is 2.99. The lowest BCUT2D eigenvalue weighted by Gasteiger charge is -1.99. The summed E-state index contributed by atoms with van der Waals surface area (Å²) in [6.45, 7) is 0. The van der Waals surface area contributed by atoms with Crippen LogP contribution >= 0.6 is 0 Å². The van der Waals surface area contributed by atoms with Gasteiger partial charge in [0.25, 0.3) is 6.43 Å². The standard InChI is InChI=1S/C12H8F4N2O2/c13-7-2-1-6(8(14)4-7)3-10-17-11(20-18-10)5-9(19)12(15)16/h1-2,4,12H,3,5H2. The van der Waals surface area contributed by atoms with E-state index in [1.165, 1.54) is 6.07 Å². The molecule has 1 aromatic heterocycles. The van der Waals surface area contributed by atoms with Crippen molar-refractivity contribution in [3.05, 3.63) is 47.1 Å². The lowest BCUT2D eigenvalue weighted by molar-refractivity contribution is -0.129. The maximum absolute atomic E-state index is 13.4.